The molecule has 1 unspecified atom stereocenters. The smallest absolute Gasteiger partial charge is 0.387 e. The van der Waals surface area contributed by atoms with Crippen LogP contribution in [0.5, 0.6) is 5.75 Å². The van der Waals surface area contributed by atoms with Crippen LogP contribution in [0.1, 0.15) is 20.8 Å². The van der Waals surface area contributed by atoms with E-state index in [0.29, 0.717) is 18.8 Å². The Morgan fingerprint density at radius 2 is 2.10 bits per heavy atom. The van der Waals surface area contributed by atoms with Gasteiger partial charge in [0.05, 0.1) is 23.1 Å². The fraction of sp³-hybridized carbons (Fsp3) is 0.571. The number of nitrogen functional groups attached to an aromatic ring is 1. The Morgan fingerprint density at radius 1 is 1.43 bits per heavy atom. The van der Waals surface area contributed by atoms with Crippen molar-refractivity contribution in [3.05, 3.63) is 17.9 Å². The maximum atomic E-state index is 13.6. The number of benzene rings is 1. The summed E-state index contributed by atoms with van der Waals surface area (Å²) in [5, 5.41) is 0. The van der Waals surface area contributed by atoms with Gasteiger partial charge in [-0.25, -0.2) is 4.39 Å². The monoisotopic (exact) mass is 304 g/mol. The number of halogens is 3. The molecular weight excluding hydrogens is 285 g/mol. The van der Waals surface area contributed by atoms with Crippen molar-refractivity contribution in [1.82, 2.24) is 0 Å². The third-order valence-corrected chi connectivity index (χ3v) is 3.21. The van der Waals surface area contributed by atoms with E-state index in [1.165, 1.54) is 6.07 Å². The van der Waals surface area contributed by atoms with Gasteiger partial charge >= 0.3 is 6.61 Å². The van der Waals surface area contributed by atoms with Crippen molar-refractivity contribution in [1.29, 1.82) is 0 Å². The van der Waals surface area contributed by atoms with Crippen molar-refractivity contribution < 1.29 is 22.6 Å². The van der Waals surface area contributed by atoms with Crippen LogP contribution in [-0.2, 0) is 4.74 Å². The van der Waals surface area contributed by atoms with E-state index >= 15 is 0 Å². The number of hydrogen-bond acceptors (Lipinski definition) is 4. The van der Waals surface area contributed by atoms with Crippen molar-refractivity contribution >= 4 is 11.4 Å². The predicted molar refractivity (Wildman–Crippen MR) is 74.3 cm³/mol. The molecule has 0 spiro atoms. The van der Waals surface area contributed by atoms with Crippen LogP contribution in [-0.4, -0.2) is 31.4 Å². The topological polar surface area (TPSA) is 47.7 Å². The average Bonchev–Trinajstić information content (AvgIpc) is 2.29. The van der Waals surface area contributed by atoms with Crippen molar-refractivity contribution in [2.24, 2.45) is 0 Å². The van der Waals surface area contributed by atoms with Gasteiger partial charge in [0.1, 0.15) is 0 Å². The number of ether oxygens (including phenoxy) is 2. The summed E-state index contributed by atoms with van der Waals surface area (Å²) in [4.78, 5) is 1.89. The zero-order valence-electron chi connectivity index (χ0n) is 12.2. The first-order valence-corrected chi connectivity index (χ1v) is 6.64. The fourth-order valence-corrected chi connectivity index (χ4v) is 2.66. The minimum atomic E-state index is -3.09. The van der Waals surface area contributed by atoms with Gasteiger partial charge in [0.15, 0.2) is 11.6 Å². The van der Waals surface area contributed by atoms with Gasteiger partial charge in [-0.2, -0.15) is 8.78 Å². The van der Waals surface area contributed by atoms with Gasteiger partial charge in [-0.15, -0.1) is 0 Å². The molecule has 1 aliphatic rings. The molecule has 7 heteroatoms. The SMILES string of the molecule is CC1CN(c2cc(OC(F)F)c(F)cc2N)CC(C)(C)O1. The summed E-state index contributed by atoms with van der Waals surface area (Å²) < 4.78 is 48.2. The van der Waals surface area contributed by atoms with Crippen molar-refractivity contribution in [2.75, 3.05) is 23.7 Å². The maximum Gasteiger partial charge on any atom is 0.387 e. The second-order valence-corrected chi connectivity index (χ2v) is 5.79. The van der Waals surface area contributed by atoms with Crippen LogP contribution in [0.15, 0.2) is 12.1 Å². The Hall–Kier alpha value is -1.63. The largest absolute Gasteiger partial charge is 0.432 e. The molecule has 0 bridgehead atoms. The molecule has 2 N–H and O–H groups in total. The van der Waals surface area contributed by atoms with Gasteiger partial charge in [-0.05, 0) is 20.8 Å². The number of alkyl halides is 2. The van der Waals surface area contributed by atoms with Crippen LogP contribution >= 0.6 is 0 Å². The van der Waals surface area contributed by atoms with Gasteiger partial charge in [0.25, 0.3) is 0 Å². The second kappa shape index (κ2) is 5.63. The number of hydrogen-bond donors (Lipinski definition) is 1. The molecule has 1 aliphatic heterocycles. The van der Waals surface area contributed by atoms with E-state index in [1.54, 1.807) is 0 Å². The van der Waals surface area contributed by atoms with Crippen LogP contribution < -0.4 is 15.4 Å². The van der Waals surface area contributed by atoms with E-state index in [2.05, 4.69) is 4.74 Å². The predicted octanol–water partition coefficient (Wildman–Crippen LogP) is 3.01. The third kappa shape index (κ3) is 3.72. The molecule has 1 fully saturated rings. The zero-order valence-corrected chi connectivity index (χ0v) is 12.2. The van der Waals surface area contributed by atoms with E-state index in [-0.39, 0.29) is 11.8 Å². The lowest BCUT2D eigenvalue weighted by Crippen LogP contribution is -2.52. The summed E-state index contributed by atoms with van der Waals surface area (Å²) in [5.74, 6) is -1.41. The zero-order chi connectivity index (χ0) is 15.8. The van der Waals surface area contributed by atoms with Crippen LogP contribution in [0.4, 0.5) is 24.5 Å². The number of anilines is 2. The summed E-state index contributed by atoms with van der Waals surface area (Å²) in [5.41, 5.74) is 6.05. The number of rotatable bonds is 3. The number of nitrogens with two attached hydrogens (primary N) is 1. The molecular formula is C14H19F3N2O2. The standard InChI is InChI=1S/C14H19F3N2O2/c1-8-6-19(7-14(2,3)21-8)11-5-12(20-13(16)17)9(15)4-10(11)18/h4-5,8,13H,6-7,18H2,1-3H3. The van der Waals surface area contributed by atoms with E-state index in [4.69, 9.17) is 10.5 Å². The maximum absolute atomic E-state index is 13.6. The Bertz CT molecular complexity index is 523. The van der Waals surface area contributed by atoms with Crippen molar-refractivity contribution in [3.63, 3.8) is 0 Å². The van der Waals surface area contributed by atoms with Crippen molar-refractivity contribution in [2.45, 2.75) is 39.1 Å². The molecule has 1 aromatic carbocycles. The summed E-state index contributed by atoms with van der Waals surface area (Å²) in [6.07, 6.45) is -0.0577. The first-order chi connectivity index (χ1) is 9.68. The van der Waals surface area contributed by atoms with Gasteiger partial charge in [-0.3, -0.25) is 0 Å². The minimum absolute atomic E-state index is 0.0577. The Balaban J connectivity index is 2.34. The summed E-state index contributed by atoms with van der Waals surface area (Å²) in [6.45, 7) is 3.72. The Labute approximate surface area is 121 Å². The molecule has 0 amide bonds. The van der Waals surface area contributed by atoms with E-state index < -0.39 is 23.8 Å². The second-order valence-electron chi connectivity index (χ2n) is 5.79. The molecule has 0 aromatic heterocycles. The summed E-state index contributed by atoms with van der Waals surface area (Å²) >= 11 is 0. The lowest BCUT2D eigenvalue weighted by Gasteiger charge is -2.43. The van der Waals surface area contributed by atoms with Gasteiger partial charge in [0.2, 0.25) is 0 Å². The van der Waals surface area contributed by atoms with Crippen LogP contribution in [0.25, 0.3) is 0 Å². The number of nitrogens with zero attached hydrogens (tertiary/aromatic N) is 1. The third-order valence-electron chi connectivity index (χ3n) is 3.21. The fourth-order valence-electron chi connectivity index (χ4n) is 2.66. The quantitative estimate of drug-likeness (QED) is 0.872. The molecule has 118 valence electrons. The average molecular weight is 304 g/mol. The first kappa shape index (κ1) is 15.8. The molecule has 0 aliphatic carbocycles. The molecule has 1 heterocycles. The molecule has 1 saturated heterocycles. The van der Waals surface area contributed by atoms with Crippen LogP contribution in [0.2, 0.25) is 0 Å². The van der Waals surface area contributed by atoms with Gasteiger partial charge in [0, 0.05) is 25.2 Å². The van der Waals surface area contributed by atoms with Crippen LogP contribution in [0.3, 0.4) is 0 Å². The molecule has 2 rings (SSSR count). The van der Waals surface area contributed by atoms with E-state index in [0.717, 1.165) is 6.07 Å². The summed E-state index contributed by atoms with van der Waals surface area (Å²) in [6, 6.07) is 2.21. The van der Waals surface area contributed by atoms with E-state index in [1.807, 2.05) is 25.7 Å². The number of morpholine rings is 1. The van der Waals surface area contributed by atoms with Gasteiger partial charge in [-0.1, -0.05) is 0 Å². The highest BCUT2D eigenvalue weighted by Crippen LogP contribution is 2.35. The normalized spacial score (nSPS) is 21.7. The highest BCUT2D eigenvalue weighted by molar-refractivity contribution is 5.70. The molecule has 0 radical (unpaired) electrons. The van der Waals surface area contributed by atoms with Crippen molar-refractivity contribution in [3.8, 4) is 5.75 Å². The Kier molecular flexibility index (Phi) is 4.22. The Morgan fingerprint density at radius 3 is 2.67 bits per heavy atom. The first-order valence-electron chi connectivity index (χ1n) is 6.64. The van der Waals surface area contributed by atoms with Crippen LogP contribution in [0, 0.1) is 5.82 Å². The molecule has 1 aromatic rings. The highest BCUT2D eigenvalue weighted by Gasteiger charge is 2.32. The minimum Gasteiger partial charge on any atom is -0.432 e. The lowest BCUT2D eigenvalue weighted by atomic mass is 10.0. The molecule has 4 nitrogen and oxygen atoms in total. The molecule has 0 saturated carbocycles. The van der Waals surface area contributed by atoms with Gasteiger partial charge < -0.3 is 20.1 Å². The highest BCUT2D eigenvalue weighted by atomic mass is 19.3. The molecule has 21 heavy (non-hydrogen) atoms. The van der Waals surface area contributed by atoms with E-state index in [9.17, 15) is 13.2 Å². The molecule has 1 atom stereocenters. The summed E-state index contributed by atoms with van der Waals surface area (Å²) in [7, 11) is 0. The lowest BCUT2D eigenvalue weighted by molar-refractivity contribution is -0.0750.